The highest BCUT2D eigenvalue weighted by Crippen LogP contribution is 2.34. The molecular weight excluding hydrogens is 387 g/mol. The van der Waals surface area contributed by atoms with Gasteiger partial charge in [-0.25, -0.2) is 14.0 Å². The second kappa shape index (κ2) is 9.05. The zero-order chi connectivity index (χ0) is 22.6. The van der Waals surface area contributed by atoms with Gasteiger partial charge < -0.3 is 14.6 Å². The molecule has 0 aromatic heterocycles. The summed E-state index contributed by atoms with van der Waals surface area (Å²) in [6.07, 6.45) is -1.21. The van der Waals surface area contributed by atoms with Crippen molar-refractivity contribution in [1.82, 2.24) is 0 Å². The number of aliphatic hydroxyl groups is 1. The fourth-order valence-corrected chi connectivity index (χ4v) is 2.62. The summed E-state index contributed by atoms with van der Waals surface area (Å²) >= 11 is 0. The van der Waals surface area contributed by atoms with Gasteiger partial charge in [0.1, 0.15) is 17.2 Å². The molecule has 0 saturated carbocycles. The molecule has 6 heteroatoms. The number of benzene rings is 2. The van der Waals surface area contributed by atoms with E-state index in [-0.39, 0.29) is 16.7 Å². The zero-order valence-electron chi connectivity index (χ0n) is 17.5. The first-order chi connectivity index (χ1) is 13.9. The van der Waals surface area contributed by atoms with Crippen LogP contribution in [0.5, 0.6) is 5.75 Å². The lowest BCUT2D eigenvalue weighted by Crippen LogP contribution is -2.33. The normalized spacial score (nSPS) is 12.1. The summed E-state index contributed by atoms with van der Waals surface area (Å²) in [4.78, 5) is 23.5. The van der Waals surface area contributed by atoms with E-state index in [4.69, 9.17) is 9.47 Å². The number of hydrogen-bond acceptors (Lipinski definition) is 5. The Morgan fingerprint density at radius 3 is 1.97 bits per heavy atom. The molecule has 2 rings (SSSR count). The minimum Gasteiger partial charge on any atom is -0.451 e. The van der Waals surface area contributed by atoms with Gasteiger partial charge in [-0.15, -0.1) is 0 Å². The van der Waals surface area contributed by atoms with Gasteiger partial charge in [0.05, 0.1) is 0 Å². The van der Waals surface area contributed by atoms with Crippen molar-refractivity contribution < 1.29 is 28.6 Å². The largest absolute Gasteiger partial charge is 0.451 e. The highest BCUT2D eigenvalue weighted by molar-refractivity contribution is 5.89. The molecule has 1 N–H and O–H groups in total. The van der Waals surface area contributed by atoms with Crippen LogP contribution < -0.4 is 4.74 Å². The first-order valence-corrected chi connectivity index (χ1v) is 9.26. The minimum atomic E-state index is -1.51. The monoisotopic (exact) mass is 412 g/mol. The molecule has 0 amide bonds. The van der Waals surface area contributed by atoms with E-state index in [2.05, 4.69) is 13.2 Å². The molecule has 5 nitrogen and oxygen atoms in total. The van der Waals surface area contributed by atoms with Crippen LogP contribution in [0, 0.1) is 5.82 Å². The Hall–Kier alpha value is -3.25. The van der Waals surface area contributed by atoms with Crippen molar-refractivity contribution in [3.63, 3.8) is 0 Å². The second-order valence-electron chi connectivity index (χ2n) is 7.65. The molecule has 2 aromatic carbocycles. The topological polar surface area (TPSA) is 72.8 Å². The molecule has 0 aliphatic rings. The predicted molar refractivity (Wildman–Crippen MR) is 112 cm³/mol. The lowest BCUT2D eigenvalue weighted by Gasteiger charge is -2.29. The van der Waals surface area contributed by atoms with Gasteiger partial charge in [-0.2, -0.15) is 0 Å². The van der Waals surface area contributed by atoms with Gasteiger partial charge in [-0.05, 0) is 57.0 Å². The van der Waals surface area contributed by atoms with Crippen LogP contribution in [0.3, 0.4) is 0 Å². The molecule has 0 aliphatic heterocycles. The van der Waals surface area contributed by atoms with Crippen molar-refractivity contribution >= 4 is 11.9 Å². The SMILES string of the molecule is C=C(C)C(=O)Oc1ccc(-c2ccc(C(OC(=O)C(=C)C)C(C)(C)O)c(F)c2)cc1. The molecule has 2 aromatic rings. The maximum atomic E-state index is 14.9. The summed E-state index contributed by atoms with van der Waals surface area (Å²) in [6.45, 7) is 12.9. The molecule has 0 saturated heterocycles. The van der Waals surface area contributed by atoms with Crippen molar-refractivity contribution in [3.05, 3.63) is 78.1 Å². The van der Waals surface area contributed by atoms with Gasteiger partial charge in [-0.1, -0.05) is 37.4 Å². The Morgan fingerprint density at radius 2 is 1.50 bits per heavy atom. The average Bonchev–Trinajstić information content (AvgIpc) is 2.65. The standard InChI is InChI=1S/C24H25FO5/c1-14(2)22(26)29-18-10-7-16(8-11-18)17-9-12-19(20(25)13-17)21(24(5,6)28)30-23(27)15(3)4/h7-13,21,28H,1,3H2,2,4-6H3. The number of esters is 2. The molecule has 0 spiro atoms. The molecule has 0 aliphatic carbocycles. The van der Waals surface area contributed by atoms with Crippen molar-refractivity contribution in [2.45, 2.75) is 39.4 Å². The van der Waals surface area contributed by atoms with Gasteiger partial charge in [0.15, 0.2) is 6.10 Å². The number of halogens is 1. The highest BCUT2D eigenvalue weighted by atomic mass is 19.1. The third kappa shape index (κ3) is 5.64. The van der Waals surface area contributed by atoms with Crippen molar-refractivity contribution in [2.24, 2.45) is 0 Å². The van der Waals surface area contributed by atoms with Gasteiger partial charge in [-0.3, -0.25) is 0 Å². The summed E-state index contributed by atoms with van der Waals surface area (Å²) in [5.74, 6) is -1.53. The Labute approximate surface area is 175 Å². The Balaban J connectivity index is 2.31. The van der Waals surface area contributed by atoms with Gasteiger partial charge >= 0.3 is 11.9 Å². The Kier molecular flexibility index (Phi) is 6.95. The predicted octanol–water partition coefficient (Wildman–Crippen LogP) is 4.91. The van der Waals surface area contributed by atoms with E-state index in [1.165, 1.54) is 32.9 Å². The van der Waals surface area contributed by atoms with E-state index < -0.39 is 29.5 Å². The van der Waals surface area contributed by atoms with Crippen LogP contribution in [0.15, 0.2) is 66.8 Å². The van der Waals surface area contributed by atoms with E-state index in [1.807, 2.05) is 0 Å². The summed E-state index contributed by atoms with van der Waals surface area (Å²) in [7, 11) is 0. The van der Waals surface area contributed by atoms with Crippen LogP contribution in [-0.2, 0) is 14.3 Å². The second-order valence-corrected chi connectivity index (χ2v) is 7.65. The third-order valence-corrected chi connectivity index (χ3v) is 4.24. The van der Waals surface area contributed by atoms with Crippen LogP contribution in [0.4, 0.5) is 4.39 Å². The van der Waals surface area contributed by atoms with Gasteiger partial charge in [0.2, 0.25) is 0 Å². The van der Waals surface area contributed by atoms with Crippen LogP contribution >= 0.6 is 0 Å². The van der Waals surface area contributed by atoms with Crippen LogP contribution in [-0.4, -0.2) is 22.6 Å². The number of ether oxygens (including phenoxy) is 2. The molecule has 158 valence electrons. The van der Waals surface area contributed by atoms with E-state index in [0.717, 1.165) is 0 Å². The summed E-state index contributed by atoms with van der Waals surface area (Å²) in [6, 6.07) is 11.0. The minimum absolute atomic E-state index is 0.0489. The maximum Gasteiger partial charge on any atom is 0.338 e. The van der Waals surface area contributed by atoms with Crippen molar-refractivity contribution in [1.29, 1.82) is 0 Å². The lowest BCUT2D eigenvalue weighted by atomic mass is 9.92. The summed E-state index contributed by atoms with van der Waals surface area (Å²) in [5.41, 5.74) is 0.221. The number of rotatable bonds is 7. The molecule has 0 fully saturated rings. The molecule has 0 heterocycles. The number of hydrogen-bond donors (Lipinski definition) is 1. The van der Waals surface area contributed by atoms with Crippen LogP contribution in [0.2, 0.25) is 0 Å². The fraction of sp³-hybridized carbons (Fsp3) is 0.250. The molecule has 30 heavy (non-hydrogen) atoms. The first kappa shape index (κ1) is 23.0. The lowest BCUT2D eigenvalue weighted by molar-refractivity contribution is -0.158. The highest BCUT2D eigenvalue weighted by Gasteiger charge is 2.34. The fourth-order valence-electron chi connectivity index (χ4n) is 2.62. The Bertz CT molecular complexity index is 984. The number of carbonyl (C=O) groups is 2. The Morgan fingerprint density at radius 1 is 0.967 bits per heavy atom. The van der Waals surface area contributed by atoms with E-state index in [1.54, 1.807) is 37.3 Å². The van der Waals surface area contributed by atoms with Crippen LogP contribution in [0.1, 0.15) is 39.4 Å². The molecule has 0 bridgehead atoms. The average molecular weight is 412 g/mol. The molecular formula is C24H25FO5. The van der Waals surface area contributed by atoms with E-state index >= 15 is 0 Å². The third-order valence-electron chi connectivity index (χ3n) is 4.24. The van der Waals surface area contributed by atoms with E-state index in [9.17, 15) is 19.1 Å². The molecule has 1 unspecified atom stereocenters. The van der Waals surface area contributed by atoms with Gasteiger partial charge in [0, 0.05) is 16.7 Å². The summed E-state index contributed by atoms with van der Waals surface area (Å²) < 4.78 is 25.3. The smallest absolute Gasteiger partial charge is 0.338 e. The maximum absolute atomic E-state index is 14.9. The van der Waals surface area contributed by atoms with Crippen molar-refractivity contribution in [2.75, 3.05) is 0 Å². The van der Waals surface area contributed by atoms with Gasteiger partial charge in [0.25, 0.3) is 0 Å². The summed E-state index contributed by atoms with van der Waals surface area (Å²) in [5, 5.41) is 10.4. The van der Waals surface area contributed by atoms with Crippen molar-refractivity contribution in [3.8, 4) is 16.9 Å². The van der Waals surface area contributed by atoms with E-state index in [0.29, 0.717) is 16.9 Å². The first-order valence-electron chi connectivity index (χ1n) is 9.26. The van der Waals surface area contributed by atoms with Crippen LogP contribution in [0.25, 0.3) is 11.1 Å². The number of carbonyl (C=O) groups excluding carboxylic acids is 2. The quantitative estimate of drug-likeness (QED) is 0.398. The zero-order valence-corrected chi connectivity index (χ0v) is 17.5. The molecule has 1 atom stereocenters. The molecule has 0 radical (unpaired) electrons.